The van der Waals surface area contributed by atoms with Crippen molar-refractivity contribution >= 4 is 11.9 Å². The fourth-order valence-electron chi connectivity index (χ4n) is 9.27. The minimum Gasteiger partial charge on any atom is -0.441 e. The number of halogens is 3. The Hall–Kier alpha value is -2.05. The summed E-state index contributed by atoms with van der Waals surface area (Å²) in [5, 5.41) is 0. The molecule has 1 amide bonds. The summed E-state index contributed by atoms with van der Waals surface area (Å²) in [5.74, 6) is 2.61. The van der Waals surface area contributed by atoms with Gasteiger partial charge >= 0.3 is 12.3 Å². The monoisotopic (exact) mass is 503 g/mol. The van der Waals surface area contributed by atoms with Crippen LogP contribution in [0.15, 0.2) is 24.3 Å². The van der Waals surface area contributed by atoms with Gasteiger partial charge in [-0.15, -0.1) is 0 Å². The number of carbonyl (C=O) groups is 2. The lowest BCUT2D eigenvalue weighted by Crippen LogP contribution is -2.56. The zero-order valence-electron chi connectivity index (χ0n) is 21.2. The van der Waals surface area contributed by atoms with E-state index in [1.54, 1.807) is 6.07 Å². The lowest BCUT2D eigenvalue weighted by molar-refractivity contribution is -0.149. The van der Waals surface area contributed by atoms with Crippen LogP contribution in [-0.4, -0.2) is 28.9 Å². The number of ketones is 1. The minimum absolute atomic E-state index is 0.0861. The van der Waals surface area contributed by atoms with Gasteiger partial charge in [0.15, 0.2) is 0 Å². The molecule has 5 fully saturated rings. The molecule has 6 rings (SSSR count). The van der Waals surface area contributed by atoms with Gasteiger partial charge < -0.3 is 4.74 Å². The van der Waals surface area contributed by atoms with Gasteiger partial charge in [0, 0.05) is 18.4 Å². The molecule has 7 atom stereocenters. The highest BCUT2D eigenvalue weighted by atomic mass is 19.4. The molecule has 7 heteroatoms. The molecule has 1 aromatic carbocycles. The molecule has 0 radical (unpaired) electrons. The molecule has 0 unspecified atom stereocenters. The van der Waals surface area contributed by atoms with E-state index in [2.05, 4.69) is 13.8 Å². The smallest absolute Gasteiger partial charge is 0.416 e. The Morgan fingerprint density at radius 2 is 1.78 bits per heavy atom. The molecular formula is C29H36F3NO3. The Labute approximate surface area is 210 Å². The van der Waals surface area contributed by atoms with E-state index in [9.17, 15) is 22.8 Å². The Balaban J connectivity index is 1.18. The summed E-state index contributed by atoms with van der Waals surface area (Å²) < 4.78 is 46.5. The summed E-state index contributed by atoms with van der Waals surface area (Å²) in [6.45, 7) is 4.90. The SMILES string of the molecule is C[C@]12CC[C@@]3(C[C@@H]1CC[C@@H]1[C@@H]2CC[C@]2(C)C(=O)CC[C@@H]12)CN(Cc1ccccc1C(F)(F)F)C(=O)O3. The molecule has 1 aromatic rings. The van der Waals surface area contributed by atoms with Crippen LogP contribution in [-0.2, 0) is 22.3 Å². The zero-order valence-corrected chi connectivity index (χ0v) is 21.2. The maximum atomic E-state index is 13.5. The topological polar surface area (TPSA) is 46.6 Å². The van der Waals surface area contributed by atoms with Gasteiger partial charge in [-0.25, -0.2) is 4.79 Å². The molecule has 4 nitrogen and oxygen atoms in total. The van der Waals surface area contributed by atoms with Crippen molar-refractivity contribution in [2.45, 2.75) is 90.0 Å². The maximum Gasteiger partial charge on any atom is 0.416 e. The van der Waals surface area contributed by atoms with Crippen LogP contribution in [0.3, 0.4) is 0 Å². The van der Waals surface area contributed by atoms with Crippen LogP contribution in [0.2, 0.25) is 0 Å². The van der Waals surface area contributed by atoms with Gasteiger partial charge in [-0.05, 0) is 92.1 Å². The third-order valence-electron chi connectivity index (χ3n) is 11.2. The molecule has 0 bridgehead atoms. The Kier molecular flexibility index (Phi) is 5.38. The number of nitrogens with zero attached hydrogens (tertiary/aromatic N) is 1. The summed E-state index contributed by atoms with van der Waals surface area (Å²) in [7, 11) is 0. The maximum absolute atomic E-state index is 13.5. The highest BCUT2D eigenvalue weighted by Crippen LogP contribution is 2.66. The van der Waals surface area contributed by atoms with Crippen molar-refractivity contribution in [1.82, 2.24) is 4.90 Å². The summed E-state index contributed by atoms with van der Waals surface area (Å²) >= 11 is 0. The molecule has 1 spiro atoms. The van der Waals surface area contributed by atoms with Crippen LogP contribution in [0.25, 0.3) is 0 Å². The van der Waals surface area contributed by atoms with Gasteiger partial charge in [-0.3, -0.25) is 9.69 Å². The molecule has 196 valence electrons. The molecule has 4 saturated carbocycles. The molecule has 36 heavy (non-hydrogen) atoms. The van der Waals surface area contributed by atoms with Gasteiger partial charge in [-0.1, -0.05) is 32.0 Å². The van der Waals surface area contributed by atoms with Crippen LogP contribution >= 0.6 is 0 Å². The molecule has 1 heterocycles. The van der Waals surface area contributed by atoms with Gasteiger partial charge in [0.05, 0.1) is 12.1 Å². The highest BCUT2D eigenvalue weighted by molar-refractivity contribution is 5.87. The summed E-state index contributed by atoms with van der Waals surface area (Å²) in [4.78, 5) is 27.0. The molecule has 0 aromatic heterocycles. The lowest BCUT2D eigenvalue weighted by Gasteiger charge is -2.61. The number of benzene rings is 1. The first kappa shape index (κ1) is 24.3. The Morgan fingerprint density at radius 3 is 2.56 bits per heavy atom. The van der Waals surface area contributed by atoms with Crippen molar-refractivity contribution in [1.29, 1.82) is 0 Å². The van der Waals surface area contributed by atoms with Gasteiger partial charge in [0.2, 0.25) is 0 Å². The molecule has 5 aliphatic rings. The van der Waals surface area contributed by atoms with E-state index in [0.29, 0.717) is 36.0 Å². The van der Waals surface area contributed by atoms with Crippen molar-refractivity contribution in [2.75, 3.05) is 6.54 Å². The van der Waals surface area contributed by atoms with Crippen molar-refractivity contribution in [3.8, 4) is 0 Å². The molecular weight excluding hydrogens is 467 g/mol. The third kappa shape index (κ3) is 3.54. The van der Waals surface area contributed by atoms with E-state index >= 15 is 0 Å². The van der Waals surface area contributed by atoms with Crippen molar-refractivity contribution in [3.63, 3.8) is 0 Å². The highest BCUT2D eigenvalue weighted by Gasteiger charge is 2.63. The molecule has 1 saturated heterocycles. The fourth-order valence-corrected chi connectivity index (χ4v) is 9.27. The van der Waals surface area contributed by atoms with Crippen molar-refractivity contribution < 1.29 is 27.5 Å². The summed E-state index contributed by atoms with van der Waals surface area (Å²) in [6, 6.07) is 5.48. The normalized spacial score (nSPS) is 42.2. The number of alkyl halides is 3. The predicted octanol–water partition coefficient (Wildman–Crippen LogP) is 7.01. The van der Waals surface area contributed by atoms with Gasteiger partial charge in [0.1, 0.15) is 11.4 Å². The van der Waals surface area contributed by atoms with E-state index in [1.807, 2.05) is 0 Å². The number of hydrogen-bond acceptors (Lipinski definition) is 3. The molecule has 4 aliphatic carbocycles. The Morgan fingerprint density at radius 1 is 1.00 bits per heavy atom. The van der Waals surface area contributed by atoms with Gasteiger partial charge in [-0.2, -0.15) is 13.2 Å². The third-order valence-corrected chi connectivity index (χ3v) is 11.2. The summed E-state index contributed by atoms with van der Waals surface area (Å²) in [5.41, 5.74) is -1.15. The van der Waals surface area contributed by atoms with E-state index in [-0.39, 0.29) is 22.9 Å². The Bertz CT molecular complexity index is 1090. The summed E-state index contributed by atoms with van der Waals surface area (Å²) in [6.07, 6.45) is 3.63. The van der Waals surface area contributed by atoms with E-state index < -0.39 is 23.4 Å². The van der Waals surface area contributed by atoms with Crippen LogP contribution in [0.5, 0.6) is 0 Å². The second kappa shape index (κ2) is 7.97. The zero-order chi connectivity index (χ0) is 25.5. The number of amides is 1. The predicted molar refractivity (Wildman–Crippen MR) is 128 cm³/mol. The van der Waals surface area contributed by atoms with E-state index in [1.165, 1.54) is 17.0 Å². The average Bonchev–Trinajstić information content (AvgIpc) is 3.29. The van der Waals surface area contributed by atoms with Crippen LogP contribution in [0.1, 0.15) is 82.8 Å². The first-order valence-corrected chi connectivity index (χ1v) is 13.6. The van der Waals surface area contributed by atoms with Crippen LogP contribution in [0, 0.1) is 34.5 Å². The number of hydrogen-bond donors (Lipinski definition) is 0. The minimum atomic E-state index is -4.46. The lowest BCUT2D eigenvalue weighted by atomic mass is 9.44. The first-order valence-electron chi connectivity index (χ1n) is 13.6. The second-order valence-corrected chi connectivity index (χ2v) is 12.8. The number of Topliss-reactive ketones (excluding diaryl/α,β-unsaturated/α-hetero) is 1. The standard InChI is InChI=1S/C29H36F3NO3/c1-26-13-14-28(17-33(25(35)36-28)16-18-5-3-4-6-21(18)29(30,31)32)15-19(26)7-8-20-22-9-10-24(34)27(22,2)12-11-23(20)26/h3-6,19-20,22-23H,7-17H2,1-2H3/t19-,20-,22-,23-,26-,27-,28+/m0/s1. The van der Waals surface area contributed by atoms with Gasteiger partial charge in [0.25, 0.3) is 0 Å². The number of fused-ring (bicyclic) bond motifs is 5. The first-order chi connectivity index (χ1) is 17.0. The number of ether oxygens (including phenoxy) is 1. The largest absolute Gasteiger partial charge is 0.441 e. The molecule has 1 aliphatic heterocycles. The average molecular weight is 504 g/mol. The second-order valence-electron chi connectivity index (χ2n) is 12.8. The van der Waals surface area contributed by atoms with E-state index in [4.69, 9.17) is 4.74 Å². The quantitative estimate of drug-likeness (QED) is 0.436. The van der Waals surface area contributed by atoms with Crippen molar-refractivity contribution in [3.05, 3.63) is 35.4 Å². The van der Waals surface area contributed by atoms with Crippen molar-refractivity contribution in [2.24, 2.45) is 34.5 Å². The number of rotatable bonds is 2. The van der Waals surface area contributed by atoms with Crippen LogP contribution < -0.4 is 0 Å². The number of carbonyl (C=O) groups excluding carboxylic acids is 2. The molecule has 0 N–H and O–H groups in total. The van der Waals surface area contributed by atoms with E-state index in [0.717, 1.165) is 63.9 Å². The van der Waals surface area contributed by atoms with Crippen LogP contribution in [0.4, 0.5) is 18.0 Å². The fraction of sp³-hybridized carbons (Fsp3) is 0.724.